The molecular weight excluding hydrogens is 326 g/mol. The van der Waals surface area contributed by atoms with Gasteiger partial charge in [-0.15, -0.1) is 0 Å². The van der Waals surface area contributed by atoms with Crippen LogP contribution in [0.15, 0.2) is 24.3 Å². The Kier molecular flexibility index (Phi) is 6.15. The van der Waals surface area contributed by atoms with E-state index in [1.165, 1.54) is 11.1 Å². The van der Waals surface area contributed by atoms with E-state index in [1.54, 1.807) is 0 Å². The van der Waals surface area contributed by atoms with E-state index in [0.29, 0.717) is 24.7 Å². The number of rotatable bonds is 5. The average Bonchev–Trinajstić information content (AvgIpc) is 2.49. The van der Waals surface area contributed by atoms with E-state index in [1.807, 2.05) is 20.8 Å². The van der Waals surface area contributed by atoms with Crippen LogP contribution in [0.2, 0.25) is 0 Å². The topological polar surface area (TPSA) is 55.4 Å². The van der Waals surface area contributed by atoms with Crippen LogP contribution < -0.4 is 5.32 Å². The van der Waals surface area contributed by atoms with E-state index >= 15 is 0 Å². The van der Waals surface area contributed by atoms with E-state index < -0.39 is 11.7 Å². The number of ether oxygens (including phenoxy) is 1. The molecule has 1 aliphatic carbocycles. The number of carbonyl (C=O) groups is 2. The van der Waals surface area contributed by atoms with Gasteiger partial charge in [-0.1, -0.05) is 45.0 Å². The molecule has 26 heavy (non-hydrogen) atoms. The Labute approximate surface area is 157 Å². The van der Waals surface area contributed by atoms with Crippen LogP contribution in [-0.2, 0) is 14.9 Å². The largest absolute Gasteiger partial charge is 0.444 e. The normalized spacial score (nSPS) is 20.5. The standard InChI is InChI=1S/C22H33NO3/c1-21(2,3)16-11-9-15(10-12-16)18-14-19(24)17(18)8-7-13-23-20(25)26-22(4,5)6/h9-12,17-18H,7-8,13-14H2,1-6H3,(H,23,25)/t17-,18-/m1/s1. The van der Waals surface area contributed by atoms with Crippen molar-refractivity contribution in [2.45, 2.75) is 77.7 Å². The van der Waals surface area contributed by atoms with Crippen molar-refractivity contribution in [1.82, 2.24) is 5.32 Å². The van der Waals surface area contributed by atoms with Crippen LogP contribution >= 0.6 is 0 Å². The van der Waals surface area contributed by atoms with Crippen LogP contribution in [0.3, 0.4) is 0 Å². The Morgan fingerprint density at radius 1 is 1.12 bits per heavy atom. The first-order chi connectivity index (χ1) is 12.0. The summed E-state index contributed by atoms with van der Waals surface area (Å²) in [5.41, 5.74) is 2.21. The van der Waals surface area contributed by atoms with Crippen molar-refractivity contribution in [3.8, 4) is 0 Å². The third kappa shape index (κ3) is 5.58. The van der Waals surface area contributed by atoms with E-state index in [9.17, 15) is 9.59 Å². The number of alkyl carbamates (subject to hydrolysis) is 1. The highest BCUT2D eigenvalue weighted by atomic mass is 16.6. The molecule has 0 radical (unpaired) electrons. The number of benzene rings is 1. The van der Waals surface area contributed by atoms with Gasteiger partial charge in [-0.05, 0) is 50.2 Å². The number of amides is 1. The highest BCUT2D eigenvalue weighted by Gasteiger charge is 2.39. The predicted octanol–water partition coefficient (Wildman–Crippen LogP) is 4.96. The van der Waals surface area contributed by atoms with Crippen molar-refractivity contribution >= 4 is 11.9 Å². The van der Waals surface area contributed by atoms with Gasteiger partial charge in [0.2, 0.25) is 0 Å². The molecule has 1 aliphatic rings. The monoisotopic (exact) mass is 359 g/mol. The summed E-state index contributed by atoms with van der Waals surface area (Å²) in [6, 6.07) is 8.70. The maximum atomic E-state index is 12.0. The summed E-state index contributed by atoms with van der Waals surface area (Å²) in [4.78, 5) is 23.7. The molecule has 2 rings (SSSR count). The smallest absolute Gasteiger partial charge is 0.407 e. The Hall–Kier alpha value is -1.84. The summed E-state index contributed by atoms with van der Waals surface area (Å²) in [7, 11) is 0. The molecule has 0 unspecified atom stereocenters. The van der Waals surface area contributed by atoms with Crippen molar-refractivity contribution in [3.63, 3.8) is 0 Å². The molecule has 0 aromatic heterocycles. The molecule has 144 valence electrons. The molecule has 1 fully saturated rings. The summed E-state index contributed by atoms with van der Waals surface area (Å²) >= 11 is 0. The molecule has 1 saturated carbocycles. The molecule has 4 nitrogen and oxygen atoms in total. The lowest BCUT2D eigenvalue weighted by Crippen LogP contribution is -2.37. The zero-order valence-electron chi connectivity index (χ0n) is 17.0. The second-order valence-electron chi connectivity index (χ2n) is 9.33. The fourth-order valence-corrected chi connectivity index (χ4v) is 3.34. The molecule has 4 heteroatoms. The molecule has 0 bridgehead atoms. The maximum absolute atomic E-state index is 12.0. The second-order valence-corrected chi connectivity index (χ2v) is 9.33. The SMILES string of the molecule is CC(C)(C)OC(=O)NCCC[C@H]1C(=O)C[C@@H]1c1ccc(C(C)(C)C)cc1. The average molecular weight is 360 g/mol. The first kappa shape index (κ1) is 20.5. The number of ketones is 1. The molecule has 2 atom stereocenters. The van der Waals surface area contributed by atoms with Gasteiger partial charge < -0.3 is 10.1 Å². The van der Waals surface area contributed by atoms with Crippen molar-refractivity contribution in [2.75, 3.05) is 6.54 Å². The van der Waals surface area contributed by atoms with Gasteiger partial charge >= 0.3 is 6.09 Å². The van der Waals surface area contributed by atoms with Crippen LogP contribution in [0, 0.1) is 5.92 Å². The van der Waals surface area contributed by atoms with Crippen molar-refractivity contribution < 1.29 is 14.3 Å². The number of carbonyl (C=O) groups excluding carboxylic acids is 2. The molecule has 1 aromatic carbocycles. The third-order valence-electron chi connectivity index (χ3n) is 4.89. The first-order valence-electron chi connectivity index (χ1n) is 9.57. The van der Waals surface area contributed by atoms with Crippen LogP contribution in [0.25, 0.3) is 0 Å². The van der Waals surface area contributed by atoms with Crippen LogP contribution in [0.1, 0.15) is 77.8 Å². The van der Waals surface area contributed by atoms with Crippen LogP contribution in [-0.4, -0.2) is 24.0 Å². The first-order valence-corrected chi connectivity index (χ1v) is 9.57. The molecule has 1 amide bonds. The second kappa shape index (κ2) is 7.81. The molecule has 0 saturated heterocycles. The molecule has 0 aliphatic heterocycles. The minimum absolute atomic E-state index is 0.0796. The number of hydrogen-bond acceptors (Lipinski definition) is 3. The predicted molar refractivity (Wildman–Crippen MR) is 104 cm³/mol. The van der Waals surface area contributed by atoms with Crippen molar-refractivity contribution in [1.29, 1.82) is 0 Å². The third-order valence-corrected chi connectivity index (χ3v) is 4.89. The Balaban J connectivity index is 1.82. The zero-order chi connectivity index (χ0) is 19.5. The minimum Gasteiger partial charge on any atom is -0.444 e. The molecule has 0 spiro atoms. The van der Waals surface area contributed by atoms with Gasteiger partial charge in [0.25, 0.3) is 0 Å². The summed E-state index contributed by atoms with van der Waals surface area (Å²) in [6.45, 7) is 12.7. The van der Waals surface area contributed by atoms with Gasteiger partial charge in [-0.25, -0.2) is 4.79 Å². The number of hydrogen-bond donors (Lipinski definition) is 1. The molecule has 0 heterocycles. The molecule has 1 aromatic rings. The lowest BCUT2D eigenvalue weighted by atomic mass is 9.67. The van der Waals surface area contributed by atoms with Gasteiger partial charge in [0, 0.05) is 24.8 Å². The molecular formula is C22H33NO3. The maximum Gasteiger partial charge on any atom is 0.407 e. The highest BCUT2D eigenvalue weighted by Crippen LogP contribution is 2.42. The fraction of sp³-hybridized carbons (Fsp3) is 0.636. The summed E-state index contributed by atoms with van der Waals surface area (Å²) < 4.78 is 5.22. The van der Waals surface area contributed by atoms with E-state index in [4.69, 9.17) is 4.74 Å². The lowest BCUT2D eigenvalue weighted by molar-refractivity contribution is -0.131. The fourth-order valence-electron chi connectivity index (χ4n) is 3.34. The van der Waals surface area contributed by atoms with Crippen LogP contribution in [0.5, 0.6) is 0 Å². The van der Waals surface area contributed by atoms with Gasteiger partial charge in [0.1, 0.15) is 11.4 Å². The Morgan fingerprint density at radius 3 is 2.23 bits per heavy atom. The minimum atomic E-state index is -0.488. The van der Waals surface area contributed by atoms with Gasteiger partial charge in [-0.2, -0.15) is 0 Å². The highest BCUT2D eigenvalue weighted by molar-refractivity contribution is 5.89. The summed E-state index contributed by atoms with van der Waals surface area (Å²) in [5, 5.41) is 2.76. The zero-order valence-corrected chi connectivity index (χ0v) is 17.0. The molecule has 1 N–H and O–H groups in total. The lowest BCUT2D eigenvalue weighted by Gasteiger charge is -2.36. The van der Waals surface area contributed by atoms with Gasteiger partial charge in [0.15, 0.2) is 0 Å². The van der Waals surface area contributed by atoms with Gasteiger partial charge in [0.05, 0.1) is 0 Å². The Morgan fingerprint density at radius 2 is 1.73 bits per heavy atom. The van der Waals surface area contributed by atoms with E-state index in [2.05, 4.69) is 50.4 Å². The van der Waals surface area contributed by atoms with E-state index in [0.717, 1.165) is 12.8 Å². The number of Topliss-reactive ketones (excluding diaryl/α,β-unsaturated/α-hetero) is 1. The van der Waals surface area contributed by atoms with Crippen molar-refractivity contribution in [3.05, 3.63) is 35.4 Å². The Bertz CT molecular complexity index is 635. The number of nitrogens with one attached hydrogen (secondary N) is 1. The quantitative estimate of drug-likeness (QED) is 0.756. The van der Waals surface area contributed by atoms with Gasteiger partial charge in [-0.3, -0.25) is 4.79 Å². The van der Waals surface area contributed by atoms with E-state index in [-0.39, 0.29) is 11.3 Å². The van der Waals surface area contributed by atoms with Crippen LogP contribution in [0.4, 0.5) is 4.79 Å². The van der Waals surface area contributed by atoms with Crippen molar-refractivity contribution in [2.24, 2.45) is 5.92 Å². The summed E-state index contributed by atoms with van der Waals surface area (Å²) in [5.74, 6) is 0.737. The summed E-state index contributed by atoms with van der Waals surface area (Å²) in [6.07, 6.45) is 1.83.